The van der Waals surface area contributed by atoms with Gasteiger partial charge in [-0.05, 0) is 24.3 Å². The molecule has 0 saturated carbocycles. The van der Waals surface area contributed by atoms with Gasteiger partial charge in [-0.25, -0.2) is 0 Å². The van der Waals surface area contributed by atoms with Gasteiger partial charge in [0.2, 0.25) is 0 Å². The average Bonchev–Trinajstić information content (AvgIpc) is 2.65. The van der Waals surface area contributed by atoms with E-state index in [4.69, 9.17) is 27.9 Å². The van der Waals surface area contributed by atoms with Crippen LogP contribution in [0.3, 0.4) is 0 Å². The Balaban J connectivity index is 1.74. The summed E-state index contributed by atoms with van der Waals surface area (Å²) in [5.41, 5.74) is 1.15. The number of benzene rings is 1. The fraction of sp³-hybridized carbons (Fsp3) is 0.235. The first kappa shape index (κ1) is 17.7. The number of amides is 2. The lowest BCUT2D eigenvalue weighted by molar-refractivity contribution is 0.0302. The fourth-order valence-electron chi connectivity index (χ4n) is 2.41. The molecule has 1 fully saturated rings. The first-order valence-electron chi connectivity index (χ1n) is 7.63. The van der Waals surface area contributed by atoms with Crippen LogP contribution >= 0.6 is 23.2 Å². The smallest absolute Gasteiger partial charge is 0.257 e. The highest BCUT2D eigenvalue weighted by Gasteiger charge is 2.20. The van der Waals surface area contributed by atoms with Crippen LogP contribution in [0.5, 0.6) is 0 Å². The molecule has 0 unspecified atom stereocenters. The van der Waals surface area contributed by atoms with Gasteiger partial charge in [0.25, 0.3) is 11.8 Å². The molecule has 2 amide bonds. The number of morpholine rings is 1. The number of carbonyl (C=O) groups is 2. The average molecular weight is 380 g/mol. The number of hydrogen-bond acceptors (Lipinski definition) is 4. The predicted octanol–water partition coefficient (Wildman–Crippen LogP) is 3.11. The van der Waals surface area contributed by atoms with Crippen LogP contribution in [0.2, 0.25) is 10.0 Å². The van der Waals surface area contributed by atoms with Gasteiger partial charge in [0, 0.05) is 31.2 Å². The summed E-state index contributed by atoms with van der Waals surface area (Å²) in [4.78, 5) is 30.6. The van der Waals surface area contributed by atoms with Crippen molar-refractivity contribution in [2.75, 3.05) is 31.6 Å². The normalized spacial score (nSPS) is 14.2. The third kappa shape index (κ3) is 4.28. The van der Waals surface area contributed by atoms with E-state index >= 15 is 0 Å². The second-order valence-electron chi connectivity index (χ2n) is 5.45. The molecule has 1 aliphatic heterocycles. The number of halogens is 2. The molecule has 0 bridgehead atoms. The monoisotopic (exact) mass is 379 g/mol. The zero-order valence-corrected chi connectivity index (χ0v) is 14.7. The van der Waals surface area contributed by atoms with Gasteiger partial charge in [-0.3, -0.25) is 14.6 Å². The first-order valence-corrected chi connectivity index (χ1v) is 8.38. The van der Waals surface area contributed by atoms with Crippen LogP contribution in [0, 0.1) is 0 Å². The molecular formula is C17H15Cl2N3O3. The molecule has 1 aromatic heterocycles. The van der Waals surface area contributed by atoms with E-state index in [0.717, 1.165) is 0 Å². The third-order valence-electron chi connectivity index (χ3n) is 3.72. The van der Waals surface area contributed by atoms with Gasteiger partial charge >= 0.3 is 0 Å². The van der Waals surface area contributed by atoms with Crippen LogP contribution in [-0.4, -0.2) is 48.0 Å². The van der Waals surface area contributed by atoms with Crippen molar-refractivity contribution in [3.05, 3.63) is 57.8 Å². The van der Waals surface area contributed by atoms with Gasteiger partial charge in [-0.1, -0.05) is 23.2 Å². The van der Waals surface area contributed by atoms with Crippen LogP contribution in [0.4, 0.5) is 5.69 Å². The Morgan fingerprint density at radius 1 is 1.04 bits per heavy atom. The molecule has 2 aromatic rings. The highest BCUT2D eigenvalue weighted by Crippen LogP contribution is 2.25. The molecule has 0 atom stereocenters. The molecule has 0 radical (unpaired) electrons. The summed E-state index contributed by atoms with van der Waals surface area (Å²) in [6.07, 6.45) is 2.86. The van der Waals surface area contributed by atoms with Gasteiger partial charge in [0.05, 0.1) is 34.4 Å². The maximum atomic E-state index is 12.5. The van der Waals surface area contributed by atoms with Crippen LogP contribution in [0.25, 0.3) is 0 Å². The topological polar surface area (TPSA) is 71.5 Å². The lowest BCUT2D eigenvalue weighted by atomic mass is 10.1. The number of carbonyl (C=O) groups excluding carboxylic acids is 2. The van der Waals surface area contributed by atoms with Crippen molar-refractivity contribution in [1.82, 2.24) is 9.88 Å². The van der Waals surface area contributed by atoms with Crippen molar-refractivity contribution in [2.24, 2.45) is 0 Å². The van der Waals surface area contributed by atoms with E-state index in [-0.39, 0.29) is 17.4 Å². The Kier molecular flexibility index (Phi) is 5.53. The van der Waals surface area contributed by atoms with Crippen LogP contribution in [0.15, 0.2) is 36.7 Å². The summed E-state index contributed by atoms with van der Waals surface area (Å²) < 4.78 is 5.24. The van der Waals surface area contributed by atoms with E-state index in [0.29, 0.717) is 47.6 Å². The minimum absolute atomic E-state index is 0.167. The van der Waals surface area contributed by atoms with Crippen molar-refractivity contribution < 1.29 is 14.3 Å². The van der Waals surface area contributed by atoms with E-state index in [9.17, 15) is 9.59 Å². The lowest BCUT2D eigenvalue weighted by Crippen LogP contribution is -2.40. The summed E-state index contributed by atoms with van der Waals surface area (Å²) in [7, 11) is 0. The second-order valence-corrected chi connectivity index (χ2v) is 6.26. The summed E-state index contributed by atoms with van der Waals surface area (Å²) in [5.74, 6) is -0.553. The predicted molar refractivity (Wildman–Crippen MR) is 95.4 cm³/mol. The Bertz CT molecular complexity index is 807. The summed E-state index contributed by atoms with van der Waals surface area (Å²) >= 11 is 11.8. The first-order chi connectivity index (χ1) is 12.0. The number of anilines is 1. The van der Waals surface area contributed by atoms with E-state index in [1.807, 2.05) is 0 Å². The van der Waals surface area contributed by atoms with Gasteiger partial charge in [-0.2, -0.15) is 0 Å². The van der Waals surface area contributed by atoms with Gasteiger partial charge in [-0.15, -0.1) is 0 Å². The number of ether oxygens (including phenoxy) is 1. The van der Waals surface area contributed by atoms with Crippen LogP contribution in [-0.2, 0) is 4.74 Å². The minimum atomic E-state index is -0.387. The van der Waals surface area contributed by atoms with E-state index in [1.165, 1.54) is 18.5 Å². The molecule has 1 aliphatic rings. The summed E-state index contributed by atoms with van der Waals surface area (Å²) in [6.45, 7) is 2.07. The molecule has 1 aromatic carbocycles. The molecule has 3 rings (SSSR count). The third-order valence-corrected chi connectivity index (χ3v) is 4.46. The Hall–Kier alpha value is -2.15. The molecule has 1 saturated heterocycles. The van der Waals surface area contributed by atoms with Gasteiger partial charge in [0.15, 0.2) is 0 Å². The van der Waals surface area contributed by atoms with E-state index in [2.05, 4.69) is 10.3 Å². The SMILES string of the molecule is O=C(Nc1ccc(Cl)c(Cl)c1)c1cncc(C(=O)N2CCOCC2)c1. The highest BCUT2D eigenvalue weighted by atomic mass is 35.5. The van der Waals surface area contributed by atoms with Gasteiger partial charge < -0.3 is 15.0 Å². The molecule has 8 heteroatoms. The maximum Gasteiger partial charge on any atom is 0.257 e. The van der Waals surface area contributed by atoms with Crippen molar-refractivity contribution in [3.8, 4) is 0 Å². The summed E-state index contributed by atoms with van der Waals surface area (Å²) in [6, 6.07) is 6.31. The number of nitrogens with zero attached hydrogens (tertiary/aromatic N) is 2. The number of hydrogen-bond donors (Lipinski definition) is 1. The summed E-state index contributed by atoms with van der Waals surface area (Å²) in [5, 5.41) is 3.45. The molecule has 130 valence electrons. The lowest BCUT2D eigenvalue weighted by Gasteiger charge is -2.26. The number of aromatic nitrogens is 1. The van der Waals surface area contributed by atoms with Gasteiger partial charge in [0.1, 0.15) is 0 Å². The zero-order valence-electron chi connectivity index (χ0n) is 13.2. The Morgan fingerprint density at radius 2 is 1.76 bits per heavy atom. The molecule has 25 heavy (non-hydrogen) atoms. The molecule has 1 N–H and O–H groups in total. The maximum absolute atomic E-state index is 12.5. The highest BCUT2D eigenvalue weighted by molar-refractivity contribution is 6.42. The van der Waals surface area contributed by atoms with E-state index in [1.54, 1.807) is 23.1 Å². The quantitative estimate of drug-likeness (QED) is 0.888. The largest absolute Gasteiger partial charge is 0.378 e. The van der Waals surface area contributed by atoms with Crippen molar-refractivity contribution >= 4 is 40.7 Å². The Labute approximate surface area is 154 Å². The number of pyridine rings is 1. The van der Waals surface area contributed by atoms with Crippen molar-refractivity contribution in [2.45, 2.75) is 0 Å². The van der Waals surface area contributed by atoms with E-state index < -0.39 is 0 Å². The second kappa shape index (κ2) is 7.82. The number of rotatable bonds is 3. The van der Waals surface area contributed by atoms with Crippen LogP contribution < -0.4 is 5.32 Å². The van der Waals surface area contributed by atoms with Crippen molar-refractivity contribution in [1.29, 1.82) is 0 Å². The molecule has 0 aliphatic carbocycles. The van der Waals surface area contributed by atoms with Crippen molar-refractivity contribution in [3.63, 3.8) is 0 Å². The van der Waals surface area contributed by atoms with Crippen LogP contribution in [0.1, 0.15) is 20.7 Å². The standard InChI is InChI=1S/C17H15Cl2N3O3/c18-14-2-1-13(8-15(14)19)21-16(23)11-7-12(10-20-9-11)17(24)22-3-5-25-6-4-22/h1-2,7-10H,3-6H2,(H,21,23). The molecule has 0 spiro atoms. The minimum Gasteiger partial charge on any atom is -0.378 e. The molecular weight excluding hydrogens is 365 g/mol. The Morgan fingerprint density at radius 3 is 2.48 bits per heavy atom. The number of nitrogens with one attached hydrogen (secondary N) is 1. The fourth-order valence-corrected chi connectivity index (χ4v) is 2.71. The molecule has 2 heterocycles. The zero-order chi connectivity index (χ0) is 17.8. The molecule has 6 nitrogen and oxygen atoms in total.